The normalized spacial score (nSPS) is 10.8. The molecule has 0 aliphatic rings. The Balaban J connectivity index is 2.08. The van der Waals surface area contributed by atoms with Gasteiger partial charge in [-0.2, -0.15) is 5.10 Å². The number of nitrogens with one attached hydrogen (secondary N) is 1. The highest BCUT2D eigenvalue weighted by Gasteiger charge is 2.20. The summed E-state index contributed by atoms with van der Waals surface area (Å²) in [5.74, 6) is -7.22. The molecule has 0 aliphatic carbocycles. The molecule has 118 valence electrons. The minimum atomic E-state index is -1.64. The highest BCUT2D eigenvalue weighted by molar-refractivity contribution is 14.1. The number of rotatable bonds is 4. The molecule has 2 aromatic rings. The van der Waals surface area contributed by atoms with Gasteiger partial charge in [-0.3, -0.25) is 9.48 Å². The predicted octanol–water partition coefficient (Wildman–Crippen LogP) is 3.38. The van der Waals surface area contributed by atoms with Crippen LogP contribution in [0.5, 0.6) is 0 Å². The molecule has 0 aliphatic heterocycles. The smallest absolute Gasteiger partial charge is 0.226 e. The van der Waals surface area contributed by atoms with Crippen molar-refractivity contribution in [2.45, 2.75) is 19.9 Å². The van der Waals surface area contributed by atoms with Crippen molar-refractivity contribution < 1.29 is 22.4 Å². The van der Waals surface area contributed by atoms with E-state index in [1.54, 1.807) is 17.8 Å². The number of aryl methyl sites for hydroxylation is 1. The number of aromatic nitrogens is 2. The minimum absolute atomic E-state index is 0.0787. The number of benzene rings is 1. The second-order valence-corrected chi connectivity index (χ2v) is 5.60. The summed E-state index contributed by atoms with van der Waals surface area (Å²) in [7, 11) is 0. The lowest BCUT2D eigenvalue weighted by molar-refractivity contribution is -0.116. The Morgan fingerprint density at radius 1 is 1.27 bits per heavy atom. The molecule has 0 spiro atoms. The van der Waals surface area contributed by atoms with Gasteiger partial charge in [-0.15, -0.1) is 0 Å². The van der Waals surface area contributed by atoms with Gasteiger partial charge in [0.15, 0.2) is 23.3 Å². The molecule has 0 atom stereocenters. The first-order valence-electron chi connectivity index (χ1n) is 6.12. The summed E-state index contributed by atoms with van der Waals surface area (Å²) in [6, 6.07) is 0.0787. The fraction of sp³-hybridized carbons (Fsp3) is 0.231. The zero-order valence-corrected chi connectivity index (χ0v) is 13.4. The minimum Gasteiger partial charge on any atom is -0.321 e. The van der Waals surface area contributed by atoms with Crippen LogP contribution in [0, 0.1) is 33.8 Å². The van der Waals surface area contributed by atoms with Crippen molar-refractivity contribution in [2.75, 3.05) is 5.32 Å². The van der Waals surface area contributed by atoms with Crippen molar-refractivity contribution in [3.05, 3.63) is 44.8 Å². The van der Waals surface area contributed by atoms with E-state index in [0.717, 1.165) is 9.26 Å². The van der Waals surface area contributed by atoms with E-state index < -0.39 is 34.9 Å². The van der Waals surface area contributed by atoms with E-state index in [1.807, 2.05) is 5.32 Å². The van der Waals surface area contributed by atoms with E-state index in [4.69, 9.17) is 0 Å². The summed E-state index contributed by atoms with van der Waals surface area (Å²) < 4.78 is 55.3. The van der Waals surface area contributed by atoms with Crippen molar-refractivity contribution >= 4 is 34.2 Å². The molecule has 1 aromatic heterocycles. The van der Waals surface area contributed by atoms with Gasteiger partial charge in [-0.05, 0) is 29.5 Å². The molecule has 0 unspecified atom stereocenters. The van der Waals surface area contributed by atoms with Crippen LogP contribution in [0.3, 0.4) is 0 Å². The van der Waals surface area contributed by atoms with Gasteiger partial charge in [0.25, 0.3) is 0 Å². The van der Waals surface area contributed by atoms with Crippen LogP contribution in [-0.2, 0) is 11.3 Å². The number of hydrogen-bond acceptors (Lipinski definition) is 2. The van der Waals surface area contributed by atoms with Gasteiger partial charge in [0.2, 0.25) is 5.91 Å². The fourth-order valence-electron chi connectivity index (χ4n) is 1.74. The number of amides is 1. The maximum atomic E-state index is 13.4. The average molecular weight is 427 g/mol. The van der Waals surface area contributed by atoms with Crippen LogP contribution in [0.4, 0.5) is 23.2 Å². The number of halogens is 5. The molecule has 1 aromatic carbocycles. The molecule has 0 saturated heterocycles. The largest absolute Gasteiger partial charge is 0.321 e. The van der Waals surface area contributed by atoms with Crippen molar-refractivity contribution in [3.8, 4) is 0 Å². The molecule has 1 heterocycles. The molecule has 0 radical (unpaired) electrons. The number of nitrogens with zero attached hydrogens (tertiary/aromatic N) is 2. The zero-order valence-electron chi connectivity index (χ0n) is 11.3. The number of anilines is 1. The third kappa shape index (κ3) is 3.39. The Kier molecular flexibility index (Phi) is 5.04. The van der Waals surface area contributed by atoms with Gasteiger partial charge in [0.05, 0.1) is 16.3 Å². The molecule has 1 N–H and O–H groups in total. The number of carbonyl (C=O) groups excluding carboxylic acids is 1. The molecule has 22 heavy (non-hydrogen) atoms. The zero-order chi connectivity index (χ0) is 16.4. The maximum Gasteiger partial charge on any atom is 0.226 e. The Bertz CT molecular complexity index is 706. The average Bonchev–Trinajstić information content (AvgIpc) is 2.79. The van der Waals surface area contributed by atoms with E-state index >= 15 is 0 Å². The maximum absolute atomic E-state index is 13.4. The van der Waals surface area contributed by atoms with Crippen LogP contribution >= 0.6 is 22.6 Å². The standard InChI is InChI=1S/C13H10F4IN3O/c1-6-9(18)5-19-21(6)3-2-10(22)20-13-11(16)7(14)4-8(15)12(13)17/h4-5H,2-3H2,1H3,(H,20,22). The van der Waals surface area contributed by atoms with E-state index in [9.17, 15) is 22.4 Å². The second kappa shape index (κ2) is 6.63. The summed E-state index contributed by atoms with van der Waals surface area (Å²) in [5, 5.41) is 5.86. The van der Waals surface area contributed by atoms with E-state index in [2.05, 4.69) is 27.7 Å². The molecule has 1 amide bonds. The predicted molar refractivity (Wildman–Crippen MR) is 79.2 cm³/mol. The Hall–Kier alpha value is -1.65. The Morgan fingerprint density at radius 3 is 2.36 bits per heavy atom. The summed E-state index contributed by atoms with van der Waals surface area (Å²) in [5.41, 5.74) is -0.295. The topological polar surface area (TPSA) is 46.9 Å². The highest BCUT2D eigenvalue weighted by Crippen LogP contribution is 2.24. The molecule has 0 fully saturated rings. The molecule has 2 rings (SSSR count). The van der Waals surface area contributed by atoms with Gasteiger partial charge >= 0.3 is 0 Å². The molecular weight excluding hydrogens is 417 g/mol. The van der Waals surface area contributed by atoms with Gasteiger partial charge in [-0.1, -0.05) is 0 Å². The molecular formula is C13H10F4IN3O. The van der Waals surface area contributed by atoms with Crippen molar-refractivity contribution in [1.82, 2.24) is 9.78 Å². The van der Waals surface area contributed by atoms with Crippen LogP contribution in [0.25, 0.3) is 0 Å². The van der Waals surface area contributed by atoms with Crippen molar-refractivity contribution in [1.29, 1.82) is 0 Å². The third-order valence-corrected chi connectivity index (χ3v) is 4.03. The first kappa shape index (κ1) is 16.7. The van der Waals surface area contributed by atoms with Crippen molar-refractivity contribution in [2.24, 2.45) is 0 Å². The lowest BCUT2D eigenvalue weighted by Gasteiger charge is -2.09. The first-order valence-corrected chi connectivity index (χ1v) is 7.20. The molecule has 4 nitrogen and oxygen atoms in total. The van der Waals surface area contributed by atoms with E-state index in [0.29, 0.717) is 0 Å². The molecule has 0 saturated carbocycles. The Labute approximate surface area is 136 Å². The Morgan fingerprint density at radius 2 is 1.86 bits per heavy atom. The molecule has 9 heteroatoms. The van der Waals surface area contributed by atoms with Gasteiger partial charge < -0.3 is 5.32 Å². The lowest BCUT2D eigenvalue weighted by Crippen LogP contribution is -2.18. The fourth-order valence-corrected chi connectivity index (χ4v) is 2.14. The summed E-state index contributed by atoms with van der Waals surface area (Å²) in [6.07, 6.45) is 1.45. The SMILES string of the molecule is Cc1c(I)cnn1CCC(=O)Nc1c(F)c(F)cc(F)c1F. The van der Waals surface area contributed by atoms with Crippen LogP contribution in [0.15, 0.2) is 12.3 Å². The summed E-state index contributed by atoms with van der Waals surface area (Å²) in [4.78, 5) is 11.7. The van der Waals surface area contributed by atoms with E-state index in [-0.39, 0.29) is 19.0 Å². The van der Waals surface area contributed by atoms with Crippen LogP contribution in [0.1, 0.15) is 12.1 Å². The quantitative estimate of drug-likeness (QED) is 0.462. The van der Waals surface area contributed by atoms with Gasteiger partial charge in [0.1, 0.15) is 5.69 Å². The number of carbonyl (C=O) groups is 1. The molecule has 0 bridgehead atoms. The van der Waals surface area contributed by atoms with Gasteiger partial charge in [-0.25, -0.2) is 17.6 Å². The van der Waals surface area contributed by atoms with Gasteiger partial charge in [0, 0.05) is 18.2 Å². The lowest BCUT2D eigenvalue weighted by atomic mass is 10.2. The van der Waals surface area contributed by atoms with Crippen LogP contribution < -0.4 is 5.32 Å². The monoisotopic (exact) mass is 427 g/mol. The van der Waals surface area contributed by atoms with E-state index in [1.165, 1.54) is 0 Å². The van der Waals surface area contributed by atoms with Crippen LogP contribution in [-0.4, -0.2) is 15.7 Å². The summed E-state index contributed by atoms with van der Waals surface area (Å²) >= 11 is 2.07. The summed E-state index contributed by atoms with van der Waals surface area (Å²) in [6.45, 7) is 1.97. The van der Waals surface area contributed by atoms with Crippen LogP contribution in [0.2, 0.25) is 0 Å². The van der Waals surface area contributed by atoms with Crippen molar-refractivity contribution in [3.63, 3.8) is 0 Å². The first-order chi connectivity index (χ1) is 10.3. The third-order valence-electron chi connectivity index (χ3n) is 2.97. The second-order valence-electron chi connectivity index (χ2n) is 4.44. The highest BCUT2D eigenvalue weighted by atomic mass is 127. The number of hydrogen-bond donors (Lipinski definition) is 1.